The largest absolute Gasteiger partial charge is 0.508 e. The second-order valence-corrected chi connectivity index (χ2v) is 7.05. The Kier molecular flexibility index (Phi) is 4.58. The molecule has 0 saturated carbocycles. The Morgan fingerprint density at radius 2 is 1.77 bits per heavy atom. The summed E-state index contributed by atoms with van der Waals surface area (Å²) in [6, 6.07) is 16.7. The molecule has 2 heterocycles. The van der Waals surface area contributed by atoms with Gasteiger partial charge in [-0.15, -0.1) is 11.3 Å². The summed E-state index contributed by atoms with van der Waals surface area (Å²) in [6.07, 6.45) is 0. The Morgan fingerprint density at radius 3 is 2.50 bits per heavy atom. The predicted molar refractivity (Wildman–Crippen MR) is 104 cm³/mol. The molecule has 4 rings (SSSR count). The number of aromatic hydroxyl groups is 1. The highest BCUT2D eigenvalue weighted by molar-refractivity contribution is 7.14. The molecule has 1 saturated heterocycles. The number of phenolic OH excluding ortho intramolecular Hbond substituents is 1. The lowest BCUT2D eigenvalue weighted by atomic mass is 10.1. The van der Waals surface area contributed by atoms with E-state index in [9.17, 15) is 9.90 Å². The number of hydrogen-bond donors (Lipinski definition) is 1. The molecule has 1 fully saturated rings. The minimum Gasteiger partial charge on any atom is -0.508 e. The highest BCUT2D eigenvalue weighted by Gasteiger charge is 2.24. The van der Waals surface area contributed by atoms with Crippen LogP contribution in [0.4, 0.5) is 5.13 Å². The van der Waals surface area contributed by atoms with Crippen molar-refractivity contribution in [2.75, 3.05) is 31.1 Å². The Hall–Kier alpha value is -2.86. The number of carbonyl (C=O) groups excluding carboxylic acids is 1. The van der Waals surface area contributed by atoms with Gasteiger partial charge in [0.25, 0.3) is 5.91 Å². The monoisotopic (exact) mass is 365 g/mol. The maximum atomic E-state index is 12.6. The number of nitrogens with zero attached hydrogens (tertiary/aromatic N) is 3. The summed E-state index contributed by atoms with van der Waals surface area (Å²) in [5.41, 5.74) is 2.63. The van der Waals surface area contributed by atoms with Crippen LogP contribution in [0.15, 0.2) is 60.0 Å². The van der Waals surface area contributed by atoms with Crippen LogP contribution in [0.5, 0.6) is 5.75 Å². The van der Waals surface area contributed by atoms with Crippen molar-refractivity contribution < 1.29 is 9.90 Å². The molecule has 1 aromatic heterocycles. The zero-order valence-electron chi connectivity index (χ0n) is 14.2. The van der Waals surface area contributed by atoms with Crippen LogP contribution in [0.2, 0.25) is 0 Å². The summed E-state index contributed by atoms with van der Waals surface area (Å²) in [4.78, 5) is 21.4. The summed E-state index contributed by atoms with van der Waals surface area (Å²) in [5, 5.41) is 12.6. The topological polar surface area (TPSA) is 56.7 Å². The van der Waals surface area contributed by atoms with Crippen LogP contribution in [-0.4, -0.2) is 47.1 Å². The fraction of sp³-hybridized carbons (Fsp3) is 0.200. The molecule has 0 aliphatic carbocycles. The lowest BCUT2D eigenvalue weighted by Crippen LogP contribution is -2.48. The number of thiazole rings is 1. The number of anilines is 1. The molecule has 132 valence electrons. The van der Waals surface area contributed by atoms with Gasteiger partial charge in [0.1, 0.15) is 5.75 Å². The van der Waals surface area contributed by atoms with E-state index >= 15 is 0 Å². The Morgan fingerprint density at radius 1 is 1.00 bits per heavy atom. The van der Waals surface area contributed by atoms with Crippen molar-refractivity contribution >= 4 is 22.4 Å². The van der Waals surface area contributed by atoms with Gasteiger partial charge in [0.15, 0.2) is 5.13 Å². The quantitative estimate of drug-likeness (QED) is 0.772. The van der Waals surface area contributed by atoms with Gasteiger partial charge in [-0.1, -0.05) is 36.4 Å². The van der Waals surface area contributed by atoms with Crippen molar-refractivity contribution in [3.8, 4) is 17.0 Å². The molecule has 1 aliphatic heterocycles. The fourth-order valence-corrected chi connectivity index (χ4v) is 3.96. The van der Waals surface area contributed by atoms with Gasteiger partial charge in [0.2, 0.25) is 0 Å². The smallest absolute Gasteiger partial charge is 0.254 e. The first kappa shape index (κ1) is 16.6. The number of aromatic nitrogens is 1. The van der Waals surface area contributed by atoms with Gasteiger partial charge in [0.05, 0.1) is 5.69 Å². The molecule has 0 spiro atoms. The SMILES string of the molecule is O=C(c1cccc(O)c1)N1CCN(c2nc(-c3ccccc3)cs2)CC1. The molecule has 3 aromatic rings. The summed E-state index contributed by atoms with van der Waals surface area (Å²) in [6.45, 7) is 2.81. The van der Waals surface area contributed by atoms with Crippen LogP contribution in [0.3, 0.4) is 0 Å². The van der Waals surface area contributed by atoms with Crippen LogP contribution < -0.4 is 4.90 Å². The number of amides is 1. The van der Waals surface area contributed by atoms with E-state index in [0.717, 1.165) is 29.5 Å². The average Bonchev–Trinajstić information content (AvgIpc) is 3.18. The molecule has 5 nitrogen and oxygen atoms in total. The van der Waals surface area contributed by atoms with Gasteiger partial charge in [-0.05, 0) is 18.2 Å². The standard InChI is InChI=1S/C20H19N3O2S/c24-17-8-4-7-16(13-17)19(25)22-9-11-23(12-10-22)20-21-18(14-26-20)15-5-2-1-3-6-15/h1-8,13-14,24H,9-12H2. The van der Waals surface area contributed by atoms with E-state index in [1.165, 1.54) is 6.07 Å². The van der Waals surface area contributed by atoms with E-state index in [-0.39, 0.29) is 11.7 Å². The minimum absolute atomic E-state index is 0.0373. The van der Waals surface area contributed by atoms with Crippen LogP contribution in [-0.2, 0) is 0 Å². The fourth-order valence-electron chi connectivity index (χ4n) is 3.07. The minimum atomic E-state index is -0.0373. The lowest BCUT2D eigenvalue weighted by Gasteiger charge is -2.34. The van der Waals surface area contributed by atoms with Crippen molar-refractivity contribution in [3.05, 3.63) is 65.5 Å². The van der Waals surface area contributed by atoms with Gasteiger partial charge in [-0.25, -0.2) is 4.98 Å². The molecule has 0 bridgehead atoms. The molecule has 0 atom stereocenters. The number of hydrogen-bond acceptors (Lipinski definition) is 5. The lowest BCUT2D eigenvalue weighted by molar-refractivity contribution is 0.0746. The molecule has 0 radical (unpaired) electrons. The van der Waals surface area contributed by atoms with Gasteiger partial charge in [-0.2, -0.15) is 0 Å². The Bertz CT molecular complexity index is 902. The molecule has 1 N–H and O–H groups in total. The number of carbonyl (C=O) groups is 1. The first-order chi connectivity index (χ1) is 12.7. The van der Waals surface area contributed by atoms with Gasteiger partial charge < -0.3 is 14.9 Å². The molecule has 1 amide bonds. The van der Waals surface area contributed by atoms with E-state index in [0.29, 0.717) is 18.7 Å². The highest BCUT2D eigenvalue weighted by Crippen LogP contribution is 2.28. The predicted octanol–water partition coefficient (Wildman–Crippen LogP) is 3.48. The van der Waals surface area contributed by atoms with Crippen LogP contribution in [0, 0.1) is 0 Å². The van der Waals surface area contributed by atoms with Crippen LogP contribution in [0.1, 0.15) is 10.4 Å². The number of benzene rings is 2. The summed E-state index contributed by atoms with van der Waals surface area (Å²) in [5.74, 6) is 0.0791. The van der Waals surface area contributed by atoms with E-state index in [1.807, 2.05) is 23.1 Å². The maximum absolute atomic E-state index is 12.6. The molecular formula is C20H19N3O2S. The zero-order chi connectivity index (χ0) is 17.9. The maximum Gasteiger partial charge on any atom is 0.254 e. The number of rotatable bonds is 3. The second-order valence-electron chi connectivity index (χ2n) is 6.21. The Labute approximate surface area is 156 Å². The average molecular weight is 365 g/mol. The first-order valence-corrected chi connectivity index (χ1v) is 9.43. The number of phenols is 1. The molecule has 26 heavy (non-hydrogen) atoms. The van der Waals surface area contributed by atoms with Crippen molar-refractivity contribution in [2.24, 2.45) is 0 Å². The van der Waals surface area contributed by atoms with Crippen molar-refractivity contribution in [1.29, 1.82) is 0 Å². The molecule has 0 unspecified atom stereocenters. The molecule has 1 aliphatic rings. The normalized spacial score (nSPS) is 14.5. The zero-order valence-corrected chi connectivity index (χ0v) is 15.0. The van der Waals surface area contributed by atoms with E-state index in [2.05, 4.69) is 22.4 Å². The van der Waals surface area contributed by atoms with E-state index < -0.39 is 0 Å². The first-order valence-electron chi connectivity index (χ1n) is 8.55. The van der Waals surface area contributed by atoms with Crippen molar-refractivity contribution in [2.45, 2.75) is 0 Å². The molecule has 2 aromatic carbocycles. The van der Waals surface area contributed by atoms with E-state index in [1.54, 1.807) is 29.5 Å². The van der Waals surface area contributed by atoms with Crippen LogP contribution >= 0.6 is 11.3 Å². The second kappa shape index (κ2) is 7.17. The highest BCUT2D eigenvalue weighted by atomic mass is 32.1. The molecular weight excluding hydrogens is 346 g/mol. The summed E-state index contributed by atoms with van der Waals surface area (Å²) < 4.78 is 0. The third-order valence-corrected chi connectivity index (χ3v) is 5.39. The van der Waals surface area contributed by atoms with E-state index in [4.69, 9.17) is 4.98 Å². The van der Waals surface area contributed by atoms with Crippen molar-refractivity contribution in [3.63, 3.8) is 0 Å². The molecule has 6 heteroatoms. The van der Waals surface area contributed by atoms with Gasteiger partial charge >= 0.3 is 0 Å². The third-order valence-electron chi connectivity index (χ3n) is 4.49. The van der Waals surface area contributed by atoms with Crippen LogP contribution in [0.25, 0.3) is 11.3 Å². The summed E-state index contributed by atoms with van der Waals surface area (Å²) >= 11 is 1.64. The van der Waals surface area contributed by atoms with Crippen molar-refractivity contribution in [1.82, 2.24) is 9.88 Å². The Balaban J connectivity index is 1.41. The van der Waals surface area contributed by atoms with Gasteiger partial charge in [0, 0.05) is 42.7 Å². The third kappa shape index (κ3) is 3.41. The summed E-state index contributed by atoms with van der Waals surface area (Å²) in [7, 11) is 0. The van der Waals surface area contributed by atoms with Gasteiger partial charge in [-0.3, -0.25) is 4.79 Å². The number of piperazine rings is 1.